The molecule has 0 unspecified atom stereocenters. The molecule has 0 atom stereocenters. The van der Waals surface area contributed by atoms with E-state index >= 15 is 0 Å². The van der Waals surface area contributed by atoms with Gasteiger partial charge in [0.05, 0.1) is 19.3 Å². The van der Waals surface area contributed by atoms with Crippen LogP contribution in [-0.2, 0) is 16.0 Å². The summed E-state index contributed by atoms with van der Waals surface area (Å²) < 4.78 is 15.4. The number of nitrogens with zero attached hydrogens (tertiary/aromatic N) is 2. The van der Waals surface area contributed by atoms with E-state index in [9.17, 15) is 0 Å². The number of hydrogen-bond donors (Lipinski definition) is 0. The number of methoxy groups -OCH3 is 3. The summed E-state index contributed by atoms with van der Waals surface area (Å²) in [5.41, 5.74) is 1.67. The highest BCUT2D eigenvalue weighted by atomic mass is 16.5. The summed E-state index contributed by atoms with van der Waals surface area (Å²) in [5, 5.41) is 9.14. The Kier molecular flexibility index (Phi) is 8.44. The van der Waals surface area contributed by atoms with Crippen LogP contribution in [0.1, 0.15) is 17.5 Å². The maximum atomic E-state index is 9.14. The van der Waals surface area contributed by atoms with Crippen LogP contribution in [0.5, 0.6) is 5.75 Å². The average molecular weight is 292 g/mol. The summed E-state index contributed by atoms with van der Waals surface area (Å²) in [6.45, 7) is 4.01. The Labute approximate surface area is 127 Å². The van der Waals surface area contributed by atoms with Crippen molar-refractivity contribution in [3.8, 4) is 11.8 Å². The highest BCUT2D eigenvalue weighted by molar-refractivity contribution is 5.45. The van der Waals surface area contributed by atoms with Crippen LogP contribution in [0.25, 0.3) is 0 Å². The van der Waals surface area contributed by atoms with Crippen LogP contribution >= 0.6 is 0 Å². The van der Waals surface area contributed by atoms with Crippen LogP contribution in [0, 0.1) is 11.3 Å². The van der Waals surface area contributed by atoms with Gasteiger partial charge >= 0.3 is 0 Å². The fourth-order valence-corrected chi connectivity index (χ4v) is 2.12. The van der Waals surface area contributed by atoms with Crippen LogP contribution in [0.2, 0.25) is 0 Å². The Bertz CT molecular complexity index is 457. The minimum absolute atomic E-state index is 0.568. The first-order valence-corrected chi connectivity index (χ1v) is 7.02. The van der Waals surface area contributed by atoms with Crippen molar-refractivity contribution < 1.29 is 14.2 Å². The quantitative estimate of drug-likeness (QED) is 0.618. The fraction of sp³-hybridized carbons (Fsp3) is 0.562. The maximum absolute atomic E-state index is 9.14. The summed E-state index contributed by atoms with van der Waals surface area (Å²) in [5.74, 6) is 0.615. The lowest BCUT2D eigenvalue weighted by Gasteiger charge is -2.22. The van der Waals surface area contributed by atoms with E-state index in [1.165, 1.54) is 0 Å². The molecule has 21 heavy (non-hydrogen) atoms. The first kappa shape index (κ1) is 17.4. The maximum Gasteiger partial charge on any atom is 0.136 e. The molecular formula is C16H24N2O3. The van der Waals surface area contributed by atoms with Gasteiger partial charge in [0.15, 0.2) is 0 Å². The molecule has 0 aliphatic rings. The topological polar surface area (TPSA) is 54.7 Å². The first-order valence-electron chi connectivity index (χ1n) is 7.02. The Hall–Kier alpha value is -1.61. The number of benzene rings is 1. The predicted octanol–water partition coefficient (Wildman–Crippen LogP) is 2.05. The van der Waals surface area contributed by atoms with Crippen molar-refractivity contribution in [2.24, 2.45) is 0 Å². The summed E-state index contributed by atoms with van der Waals surface area (Å²) in [6, 6.07) is 7.89. The molecule has 0 saturated carbocycles. The predicted molar refractivity (Wildman–Crippen MR) is 81.4 cm³/mol. The molecule has 116 valence electrons. The monoisotopic (exact) mass is 292 g/mol. The molecule has 0 bridgehead atoms. The van der Waals surface area contributed by atoms with Crippen LogP contribution in [0.15, 0.2) is 18.2 Å². The van der Waals surface area contributed by atoms with Crippen molar-refractivity contribution in [2.45, 2.75) is 13.0 Å². The Balaban J connectivity index is 2.70. The number of rotatable bonds is 10. The molecule has 1 rings (SSSR count). The third-order valence-corrected chi connectivity index (χ3v) is 3.22. The molecule has 1 aromatic rings. The van der Waals surface area contributed by atoms with E-state index < -0.39 is 0 Å². The zero-order chi connectivity index (χ0) is 15.5. The van der Waals surface area contributed by atoms with Gasteiger partial charge in [0.25, 0.3) is 0 Å². The van der Waals surface area contributed by atoms with E-state index in [1.54, 1.807) is 21.3 Å². The van der Waals surface area contributed by atoms with Crippen molar-refractivity contribution in [3.63, 3.8) is 0 Å². The van der Waals surface area contributed by atoms with Gasteiger partial charge in [0.2, 0.25) is 0 Å². The van der Waals surface area contributed by atoms with Crippen molar-refractivity contribution in [3.05, 3.63) is 29.3 Å². The van der Waals surface area contributed by atoms with Gasteiger partial charge in [-0.3, -0.25) is 4.90 Å². The highest BCUT2D eigenvalue weighted by Gasteiger charge is 2.09. The summed E-state index contributed by atoms with van der Waals surface area (Å²) in [4.78, 5) is 2.30. The smallest absolute Gasteiger partial charge is 0.136 e. The molecule has 0 aromatic heterocycles. The van der Waals surface area contributed by atoms with Crippen LogP contribution in [-0.4, -0.2) is 52.5 Å². The second-order valence-electron chi connectivity index (χ2n) is 4.76. The Morgan fingerprint density at radius 3 is 2.48 bits per heavy atom. The standard InChI is InChI=1S/C16H24N2O3/c1-19-9-4-7-18(8-10-20-2)13-14-5-6-16(21-3)15(11-14)12-17/h5-6,11H,4,7-10,13H2,1-3H3. The number of hydrogen-bond acceptors (Lipinski definition) is 5. The molecule has 5 heteroatoms. The first-order chi connectivity index (χ1) is 10.2. The molecule has 0 N–H and O–H groups in total. The van der Waals surface area contributed by atoms with E-state index in [2.05, 4.69) is 11.0 Å². The van der Waals surface area contributed by atoms with Crippen molar-refractivity contribution in [1.82, 2.24) is 4.90 Å². The zero-order valence-corrected chi connectivity index (χ0v) is 13.1. The largest absolute Gasteiger partial charge is 0.495 e. The molecule has 0 fully saturated rings. The zero-order valence-electron chi connectivity index (χ0n) is 13.1. The van der Waals surface area contributed by atoms with Gasteiger partial charge in [-0.25, -0.2) is 0 Å². The van der Waals surface area contributed by atoms with Gasteiger partial charge in [0, 0.05) is 40.5 Å². The number of nitriles is 1. The normalized spacial score (nSPS) is 10.6. The summed E-state index contributed by atoms with van der Waals surface area (Å²) >= 11 is 0. The van der Waals surface area contributed by atoms with Gasteiger partial charge in [-0.1, -0.05) is 6.07 Å². The molecule has 0 aliphatic heterocycles. The van der Waals surface area contributed by atoms with Crippen LogP contribution in [0.4, 0.5) is 0 Å². The molecule has 0 aliphatic carbocycles. The average Bonchev–Trinajstić information content (AvgIpc) is 2.52. The van der Waals surface area contributed by atoms with Crippen molar-refractivity contribution in [1.29, 1.82) is 5.26 Å². The van der Waals surface area contributed by atoms with Gasteiger partial charge in [0.1, 0.15) is 11.8 Å². The molecule has 0 spiro atoms. The molecule has 5 nitrogen and oxygen atoms in total. The lowest BCUT2D eigenvalue weighted by molar-refractivity contribution is 0.129. The second kappa shape index (κ2) is 10.2. The minimum Gasteiger partial charge on any atom is -0.495 e. The number of ether oxygens (including phenoxy) is 3. The molecule has 0 radical (unpaired) electrons. The molecule has 0 saturated heterocycles. The third kappa shape index (κ3) is 6.13. The fourth-order valence-electron chi connectivity index (χ4n) is 2.12. The molecule has 0 heterocycles. The van der Waals surface area contributed by atoms with Gasteiger partial charge in [-0.2, -0.15) is 5.26 Å². The third-order valence-electron chi connectivity index (χ3n) is 3.22. The summed E-state index contributed by atoms with van der Waals surface area (Å²) in [6.07, 6.45) is 0.974. The summed E-state index contributed by atoms with van der Waals surface area (Å²) in [7, 11) is 4.99. The Morgan fingerprint density at radius 1 is 1.10 bits per heavy atom. The van der Waals surface area contributed by atoms with Gasteiger partial charge in [-0.05, 0) is 24.1 Å². The van der Waals surface area contributed by atoms with Crippen LogP contribution < -0.4 is 4.74 Å². The molecular weight excluding hydrogens is 268 g/mol. The van der Waals surface area contributed by atoms with E-state index in [4.69, 9.17) is 19.5 Å². The van der Waals surface area contributed by atoms with E-state index in [1.807, 2.05) is 18.2 Å². The van der Waals surface area contributed by atoms with E-state index in [0.717, 1.165) is 38.2 Å². The minimum atomic E-state index is 0.568. The molecule has 1 aromatic carbocycles. The molecule has 0 amide bonds. The van der Waals surface area contributed by atoms with Gasteiger partial charge in [-0.15, -0.1) is 0 Å². The Morgan fingerprint density at radius 2 is 1.86 bits per heavy atom. The van der Waals surface area contributed by atoms with Crippen LogP contribution in [0.3, 0.4) is 0 Å². The lowest BCUT2D eigenvalue weighted by Crippen LogP contribution is -2.28. The lowest BCUT2D eigenvalue weighted by atomic mass is 10.1. The highest BCUT2D eigenvalue weighted by Crippen LogP contribution is 2.19. The van der Waals surface area contributed by atoms with Crippen molar-refractivity contribution >= 4 is 0 Å². The SMILES string of the molecule is COCCCN(CCOC)Cc1ccc(OC)c(C#N)c1. The van der Waals surface area contributed by atoms with E-state index in [0.29, 0.717) is 17.9 Å². The van der Waals surface area contributed by atoms with E-state index in [-0.39, 0.29) is 0 Å². The second-order valence-corrected chi connectivity index (χ2v) is 4.76. The van der Waals surface area contributed by atoms with Crippen molar-refractivity contribution in [2.75, 3.05) is 47.6 Å². The van der Waals surface area contributed by atoms with Gasteiger partial charge < -0.3 is 14.2 Å².